The molecule has 95 heavy (non-hydrogen) atoms. The molecular weight excluding hydrogens is 1180 g/mol. The SMILES string of the molecule is CCCNCc1cc2cc(c1)C1NCC(C)(O)C(CC=O)C#CC(C3(O)CCCCC3)CC3CC(C4CCNC(NC)C4)(CC=C4OC(=O)C5=C4CCC4C6CCC7(C(=CC(CC)Cc8ccccc8)OC(=O)C7=C6c6cc(O)ccc6-c6cccc(c6)CNCC2)C54)CC31. The van der Waals surface area contributed by atoms with Gasteiger partial charge in [0.05, 0.1) is 34.3 Å². The predicted octanol–water partition coefficient (Wildman–Crippen LogP) is 12.8. The molecule has 12 aliphatic rings. The van der Waals surface area contributed by atoms with Crippen LogP contribution in [0.15, 0.2) is 131 Å². The molecule has 2 saturated heterocycles. The second kappa shape index (κ2) is 27.4. The van der Waals surface area contributed by atoms with E-state index in [0.29, 0.717) is 74.3 Å². The number of aliphatic hydroxyl groups is 2. The smallest absolute Gasteiger partial charge is 0.340 e. The van der Waals surface area contributed by atoms with Crippen LogP contribution in [-0.2, 0) is 49.8 Å². The molecule has 5 fully saturated rings. The van der Waals surface area contributed by atoms with Gasteiger partial charge in [-0.2, -0.15) is 0 Å². The number of phenolic OH excluding ortho intramolecular Hbond substituents is 1. The summed E-state index contributed by atoms with van der Waals surface area (Å²) in [4.78, 5) is 43.8. The monoisotopic (exact) mass is 1280 g/mol. The maximum absolute atomic E-state index is 15.6. The fourth-order valence-corrected chi connectivity index (χ4v) is 20.3. The Balaban J connectivity index is 0.964. The van der Waals surface area contributed by atoms with E-state index in [-0.39, 0.29) is 95.6 Å². The van der Waals surface area contributed by atoms with Crippen molar-refractivity contribution in [2.75, 3.05) is 33.2 Å². The number of hydrogen-bond donors (Lipinski definition) is 8. The zero-order valence-corrected chi connectivity index (χ0v) is 56.5. The van der Waals surface area contributed by atoms with Gasteiger partial charge in [0.2, 0.25) is 0 Å². The lowest BCUT2D eigenvalue weighted by molar-refractivity contribution is -0.135. The number of hydrogen-bond acceptors (Lipinski definition) is 13. The number of β-amino-alcohol motifs (C(OH)–C–C–N with tert-alkyl or cyclic N) is 1. The quantitative estimate of drug-likeness (QED) is 0.0273. The molecule has 3 saturated carbocycles. The average molecular weight is 1280 g/mol. The van der Waals surface area contributed by atoms with Gasteiger partial charge in [-0.05, 0) is 258 Å². The van der Waals surface area contributed by atoms with Gasteiger partial charge in [0.25, 0.3) is 0 Å². The molecule has 0 aromatic heterocycles. The van der Waals surface area contributed by atoms with Crippen molar-refractivity contribution in [1.82, 2.24) is 26.6 Å². The first kappa shape index (κ1) is 65.8. The van der Waals surface area contributed by atoms with Gasteiger partial charge in [0.1, 0.15) is 23.6 Å². The highest BCUT2D eigenvalue weighted by molar-refractivity contribution is 6.07. The number of allylic oxidation sites excluding steroid dienone is 5. The molecule has 14 bridgehead atoms. The molecule has 13 nitrogen and oxygen atoms in total. The number of benzene rings is 4. The molecule has 13 heteroatoms. The Labute approximate surface area is 563 Å². The summed E-state index contributed by atoms with van der Waals surface area (Å²) in [5.74, 6) is 6.93. The molecule has 6 aliphatic carbocycles. The molecule has 6 heterocycles. The number of carbonyl (C=O) groups is 3. The van der Waals surface area contributed by atoms with Gasteiger partial charge in [-0.3, -0.25) is 0 Å². The first-order chi connectivity index (χ1) is 46.1. The van der Waals surface area contributed by atoms with E-state index in [1.54, 1.807) is 6.07 Å². The molecule has 16 rings (SSSR count). The maximum atomic E-state index is 15.6. The van der Waals surface area contributed by atoms with Gasteiger partial charge in [-0.1, -0.05) is 118 Å². The number of esters is 2. The van der Waals surface area contributed by atoms with Crippen molar-refractivity contribution in [3.8, 4) is 28.7 Å². The fourth-order valence-electron chi connectivity index (χ4n) is 20.3. The minimum absolute atomic E-state index is 0.0158. The Kier molecular flexibility index (Phi) is 19.0. The molecule has 4 aromatic rings. The van der Waals surface area contributed by atoms with Crippen molar-refractivity contribution >= 4 is 23.8 Å². The van der Waals surface area contributed by atoms with Crippen LogP contribution in [-0.4, -0.2) is 84.1 Å². The lowest BCUT2D eigenvalue weighted by Gasteiger charge is -2.56. The standard InChI is InChI=1S/C82H101N5O8/c1-5-33-84-49-55-38-53-26-34-85-48-54-16-13-17-56(40-54)63-21-20-62(89)45-67(63)72-64-24-32-82(70(95-78(91)75(72)82)42-51(6-2)37-52-14-9-7-10-15-52)74-65(64)22-23-66-69(94-77(90)73(66)74)25-31-80(60-27-35-86-71(44-60)83-4)46-58-43-61(81(93)29-11-8-12-30-81)19-18-59(28-36-88)79(3,92)50-87-76(68(58)47-80)57(39-53)41-55/h7,9-10,13-17,20-21,25,36,38-42,45,51,58-61,64-65,68,71,74,76,83-87,89,92-93H,5-6,8,11-12,22-24,26-35,37,43-44,46-50H2,1-4H3. The molecule has 14 atom stereocenters. The Morgan fingerprint density at radius 3 is 2.46 bits per heavy atom. The van der Waals surface area contributed by atoms with Gasteiger partial charge in [-0.15, -0.1) is 0 Å². The highest BCUT2D eigenvalue weighted by Gasteiger charge is 2.69. The second-order valence-electron chi connectivity index (χ2n) is 30.7. The summed E-state index contributed by atoms with van der Waals surface area (Å²) < 4.78 is 13.7. The molecular formula is C82H101N5O8. The minimum Gasteiger partial charge on any atom is -0.508 e. The van der Waals surface area contributed by atoms with Crippen molar-refractivity contribution < 1.29 is 39.2 Å². The van der Waals surface area contributed by atoms with Gasteiger partial charge < -0.3 is 56.2 Å². The molecule has 0 amide bonds. The third-order valence-corrected chi connectivity index (χ3v) is 25.0. The molecule has 8 N–H and O–H groups in total. The second-order valence-corrected chi connectivity index (χ2v) is 30.7. The maximum Gasteiger partial charge on any atom is 0.340 e. The minimum atomic E-state index is -1.38. The third kappa shape index (κ3) is 12.6. The summed E-state index contributed by atoms with van der Waals surface area (Å²) in [7, 11) is 2.05. The summed E-state index contributed by atoms with van der Waals surface area (Å²) >= 11 is 0. The van der Waals surface area contributed by atoms with E-state index < -0.39 is 22.5 Å². The summed E-state index contributed by atoms with van der Waals surface area (Å²) in [5, 5.41) is 56.6. The summed E-state index contributed by atoms with van der Waals surface area (Å²) in [6.45, 7) is 10.2. The number of piperidine rings is 1. The van der Waals surface area contributed by atoms with E-state index >= 15 is 9.59 Å². The first-order valence-corrected chi connectivity index (χ1v) is 36.5. The van der Waals surface area contributed by atoms with Crippen LogP contribution in [0.4, 0.5) is 0 Å². The Hall–Kier alpha value is -6.47. The van der Waals surface area contributed by atoms with Crippen LogP contribution in [0.3, 0.4) is 0 Å². The van der Waals surface area contributed by atoms with E-state index in [0.717, 1.165) is 143 Å². The third-order valence-electron chi connectivity index (χ3n) is 25.0. The van der Waals surface area contributed by atoms with Crippen LogP contribution in [0, 0.1) is 75.9 Å². The number of aldehydes is 1. The van der Waals surface area contributed by atoms with E-state index in [9.17, 15) is 20.1 Å². The number of nitrogens with one attached hydrogen (secondary N) is 5. The van der Waals surface area contributed by atoms with Gasteiger partial charge in [-0.25, -0.2) is 9.59 Å². The van der Waals surface area contributed by atoms with Crippen LogP contribution < -0.4 is 26.6 Å². The lowest BCUT2D eigenvalue weighted by Crippen LogP contribution is -2.52. The number of cyclic esters (lactones) is 1. The molecule has 6 aliphatic heterocycles. The molecule has 0 radical (unpaired) electrons. The van der Waals surface area contributed by atoms with Crippen LogP contribution in [0.5, 0.6) is 5.75 Å². The molecule has 1 spiro atoms. The van der Waals surface area contributed by atoms with E-state index in [2.05, 4.69) is 131 Å². The van der Waals surface area contributed by atoms with Crippen molar-refractivity contribution in [1.29, 1.82) is 0 Å². The van der Waals surface area contributed by atoms with E-state index in [1.165, 1.54) is 22.3 Å². The van der Waals surface area contributed by atoms with Gasteiger partial charge in [0, 0.05) is 55.1 Å². The number of fused-ring (bicyclic) bond motifs is 5. The Bertz CT molecular complexity index is 3760. The number of ether oxygens (including phenoxy) is 2. The van der Waals surface area contributed by atoms with Crippen LogP contribution >= 0.6 is 0 Å². The topological polar surface area (TPSA) is 191 Å². The number of aromatic hydroxyl groups is 1. The largest absolute Gasteiger partial charge is 0.508 e. The fraction of sp³-hybridized carbons (Fsp3) is 0.549. The summed E-state index contributed by atoms with van der Waals surface area (Å²) in [5.41, 5.74) is 8.32. The predicted molar refractivity (Wildman–Crippen MR) is 371 cm³/mol. The Morgan fingerprint density at radius 1 is 0.800 bits per heavy atom. The van der Waals surface area contributed by atoms with Gasteiger partial charge >= 0.3 is 11.9 Å². The zero-order valence-electron chi connectivity index (χ0n) is 56.5. The van der Waals surface area contributed by atoms with Gasteiger partial charge in [0.15, 0.2) is 0 Å². The average Bonchev–Trinajstić information content (AvgIpc) is 1.49. The van der Waals surface area contributed by atoms with E-state index in [1.807, 2.05) is 32.2 Å². The van der Waals surface area contributed by atoms with Crippen LogP contribution in [0.25, 0.3) is 16.7 Å². The zero-order chi connectivity index (χ0) is 65.6. The van der Waals surface area contributed by atoms with Crippen molar-refractivity contribution in [3.63, 3.8) is 0 Å². The number of rotatable bonds is 13. The van der Waals surface area contributed by atoms with Crippen LogP contribution in [0.2, 0.25) is 0 Å². The highest BCUT2D eigenvalue weighted by Crippen LogP contribution is 2.72. The highest BCUT2D eigenvalue weighted by atomic mass is 16.6. The molecule has 14 unspecified atom stereocenters. The molecule has 4 aromatic carbocycles. The summed E-state index contributed by atoms with van der Waals surface area (Å²) in [6.07, 6.45) is 21.1. The van der Waals surface area contributed by atoms with Crippen LogP contribution in [0.1, 0.15) is 176 Å². The number of phenols is 1. The normalized spacial score (nSPS) is 33.4. The van der Waals surface area contributed by atoms with E-state index in [4.69, 9.17) is 9.47 Å². The number of carbonyl (C=O) groups excluding carboxylic acids is 3. The lowest BCUT2D eigenvalue weighted by atomic mass is 9.44. The Morgan fingerprint density at radius 2 is 1.65 bits per heavy atom. The van der Waals surface area contributed by atoms with Crippen molar-refractivity contribution in [3.05, 3.63) is 165 Å². The van der Waals surface area contributed by atoms with Crippen molar-refractivity contribution in [2.24, 2.45) is 64.1 Å². The van der Waals surface area contributed by atoms with Crippen molar-refractivity contribution in [2.45, 2.75) is 186 Å². The first-order valence-electron chi connectivity index (χ1n) is 36.5. The summed E-state index contributed by atoms with van der Waals surface area (Å²) in [6, 6.07) is 31.8. The molecule has 502 valence electrons.